The summed E-state index contributed by atoms with van der Waals surface area (Å²) in [6.45, 7) is 6.38. The molecule has 94 valence electrons. The molecule has 1 heterocycles. The van der Waals surface area contributed by atoms with Crippen LogP contribution >= 0.6 is 0 Å². The molecule has 0 bridgehead atoms. The minimum absolute atomic E-state index is 0.0606. The minimum atomic E-state index is -0.189. The second kappa shape index (κ2) is 4.89. The van der Waals surface area contributed by atoms with E-state index in [-0.39, 0.29) is 11.2 Å². The van der Waals surface area contributed by atoms with Crippen LogP contribution in [0.3, 0.4) is 0 Å². The SMILES string of the molecule is CCC(C)(C)c1cc(F)ccc1-c1ccccn1. The van der Waals surface area contributed by atoms with Gasteiger partial charge in [0.15, 0.2) is 0 Å². The Bertz CT molecular complexity index is 532. The molecular weight excluding hydrogens is 225 g/mol. The minimum Gasteiger partial charge on any atom is -0.256 e. The molecule has 2 aromatic rings. The molecule has 1 aromatic heterocycles. The number of hydrogen-bond donors (Lipinski definition) is 0. The van der Waals surface area contributed by atoms with Crippen LogP contribution < -0.4 is 0 Å². The van der Waals surface area contributed by atoms with Crippen LogP contribution in [0.5, 0.6) is 0 Å². The molecule has 0 aliphatic rings. The summed E-state index contributed by atoms with van der Waals surface area (Å²) >= 11 is 0. The highest BCUT2D eigenvalue weighted by Gasteiger charge is 2.23. The van der Waals surface area contributed by atoms with Crippen LogP contribution in [0.1, 0.15) is 32.8 Å². The fourth-order valence-electron chi connectivity index (χ4n) is 2.01. The molecule has 0 spiro atoms. The van der Waals surface area contributed by atoms with Crippen molar-refractivity contribution in [1.29, 1.82) is 0 Å². The zero-order chi connectivity index (χ0) is 13.2. The molecule has 0 unspecified atom stereocenters. The van der Waals surface area contributed by atoms with Crippen LogP contribution in [-0.2, 0) is 5.41 Å². The van der Waals surface area contributed by atoms with Gasteiger partial charge in [0.1, 0.15) is 5.82 Å². The van der Waals surface area contributed by atoms with Gasteiger partial charge in [-0.3, -0.25) is 4.98 Å². The lowest BCUT2D eigenvalue weighted by Crippen LogP contribution is -2.17. The Hall–Kier alpha value is -1.70. The normalized spacial score (nSPS) is 11.6. The molecular formula is C16H18FN. The van der Waals surface area contributed by atoms with Crippen LogP contribution in [-0.4, -0.2) is 4.98 Å². The molecule has 0 aliphatic carbocycles. The van der Waals surface area contributed by atoms with Crippen molar-refractivity contribution in [3.8, 4) is 11.3 Å². The highest BCUT2D eigenvalue weighted by Crippen LogP contribution is 2.34. The molecule has 1 aromatic carbocycles. The van der Waals surface area contributed by atoms with Crippen molar-refractivity contribution >= 4 is 0 Å². The van der Waals surface area contributed by atoms with Gasteiger partial charge in [-0.05, 0) is 47.7 Å². The second-order valence-electron chi connectivity index (χ2n) is 5.14. The smallest absolute Gasteiger partial charge is 0.123 e. The highest BCUT2D eigenvalue weighted by atomic mass is 19.1. The molecule has 0 fully saturated rings. The monoisotopic (exact) mass is 243 g/mol. The first kappa shape index (κ1) is 12.7. The van der Waals surface area contributed by atoms with E-state index in [2.05, 4.69) is 25.8 Å². The Morgan fingerprint density at radius 1 is 1.17 bits per heavy atom. The summed E-state index contributed by atoms with van der Waals surface area (Å²) in [5, 5.41) is 0. The summed E-state index contributed by atoms with van der Waals surface area (Å²) in [5.41, 5.74) is 2.87. The van der Waals surface area contributed by atoms with E-state index in [4.69, 9.17) is 0 Å². The first-order valence-corrected chi connectivity index (χ1v) is 6.26. The average molecular weight is 243 g/mol. The Labute approximate surface area is 108 Å². The molecule has 2 rings (SSSR count). The predicted molar refractivity (Wildman–Crippen MR) is 72.9 cm³/mol. The maximum Gasteiger partial charge on any atom is 0.123 e. The lowest BCUT2D eigenvalue weighted by atomic mass is 9.79. The fraction of sp³-hybridized carbons (Fsp3) is 0.312. The van der Waals surface area contributed by atoms with Crippen molar-refractivity contribution in [2.24, 2.45) is 0 Å². The summed E-state index contributed by atoms with van der Waals surface area (Å²) < 4.78 is 13.5. The summed E-state index contributed by atoms with van der Waals surface area (Å²) in [6.07, 6.45) is 2.72. The maximum atomic E-state index is 13.5. The molecule has 0 aliphatic heterocycles. The van der Waals surface area contributed by atoms with Crippen LogP contribution in [0.2, 0.25) is 0 Å². The lowest BCUT2D eigenvalue weighted by Gasteiger charge is -2.26. The molecule has 0 N–H and O–H groups in total. The van der Waals surface area contributed by atoms with Gasteiger partial charge in [0, 0.05) is 11.8 Å². The third-order valence-corrected chi connectivity index (χ3v) is 3.54. The van der Waals surface area contributed by atoms with E-state index in [0.29, 0.717) is 0 Å². The molecule has 0 amide bonds. The zero-order valence-electron chi connectivity index (χ0n) is 11.1. The van der Waals surface area contributed by atoms with Gasteiger partial charge in [-0.2, -0.15) is 0 Å². The van der Waals surface area contributed by atoms with E-state index < -0.39 is 0 Å². The number of nitrogens with zero attached hydrogens (tertiary/aromatic N) is 1. The average Bonchev–Trinajstić information content (AvgIpc) is 2.39. The van der Waals surface area contributed by atoms with E-state index in [1.165, 1.54) is 6.07 Å². The Morgan fingerprint density at radius 2 is 1.94 bits per heavy atom. The summed E-state index contributed by atoms with van der Waals surface area (Å²) in [6, 6.07) is 10.8. The summed E-state index contributed by atoms with van der Waals surface area (Å²) in [5.74, 6) is -0.189. The van der Waals surface area contributed by atoms with Gasteiger partial charge in [0.25, 0.3) is 0 Å². The van der Waals surface area contributed by atoms with Crippen LogP contribution in [0.15, 0.2) is 42.6 Å². The molecule has 0 atom stereocenters. The first-order chi connectivity index (χ1) is 8.54. The van der Waals surface area contributed by atoms with E-state index in [1.54, 1.807) is 12.3 Å². The van der Waals surface area contributed by atoms with E-state index in [0.717, 1.165) is 23.2 Å². The Morgan fingerprint density at radius 3 is 2.56 bits per heavy atom. The zero-order valence-corrected chi connectivity index (χ0v) is 11.1. The molecule has 18 heavy (non-hydrogen) atoms. The van der Waals surface area contributed by atoms with Crippen molar-refractivity contribution in [2.75, 3.05) is 0 Å². The lowest BCUT2D eigenvalue weighted by molar-refractivity contribution is 0.502. The van der Waals surface area contributed by atoms with Crippen LogP contribution in [0.4, 0.5) is 4.39 Å². The Balaban J connectivity index is 2.62. The van der Waals surface area contributed by atoms with E-state index in [9.17, 15) is 4.39 Å². The van der Waals surface area contributed by atoms with E-state index >= 15 is 0 Å². The quantitative estimate of drug-likeness (QED) is 0.769. The maximum absolute atomic E-state index is 13.5. The topological polar surface area (TPSA) is 12.9 Å². The third-order valence-electron chi connectivity index (χ3n) is 3.54. The molecule has 0 saturated heterocycles. The number of aromatic nitrogens is 1. The number of halogens is 1. The van der Waals surface area contributed by atoms with Gasteiger partial charge in [-0.1, -0.05) is 26.8 Å². The van der Waals surface area contributed by atoms with Gasteiger partial charge in [-0.15, -0.1) is 0 Å². The van der Waals surface area contributed by atoms with Crippen molar-refractivity contribution < 1.29 is 4.39 Å². The molecule has 0 radical (unpaired) electrons. The summed E-state index contributed by atoms with van der Waals surface area (Å²) in [7, 11) is 0. The molecule has 0 saturated carbocycles. The van der Waals surface area contributed by atoms with Crippen molar-refractivity contribution in [2.45, 2.75) is 32.6 Å². The number of benzene rings is 1. The van der Waals surface area contributed by atoms with Crippen molar-refractivity contribution in [3.05, 3.63) is 54.0 Å². The van der Waals surface area contributed by atoms with E-state index in [1.807, 2.05) is 24.3 Å². The fourth-order valence-corrected chi connectivity index (χ4v) is 2.01. The standard InChI is InChI=1S/C16H18FN/c1-4-16(2,3)14-11-12(17)8-9-13(14)15-7-5-6-10-18-15/h5-11H,4H2,1-3H3. The molecule has 1 nitrogen and oxygen atoms in total. The number of rotatable bonds is 3. The predicted octanol–water partition coefficient (Wildman–Crippen LogP) is 4.58. The van der Waals surface area contributed by atoms with Crippen molar-refractivity contribution in [3.63, 3.8) is 0 Å². The number of hydrogen-bond acceptors (Lipinski definition) is 1. The molecule has 2 heteroatoms. The Kier molecular flexibility index (Phi) is 3.46. The summed E-state index contributed by atoms with van der Waals surface area (Å²) in [4.78, 5) is 4.36. The van der Waals surface area contributed by atoms with Crippen LogP contribution in [0, 0.1) is 5.82 Å². The van der Waals surface area contributed by atoms with Gasteiger partial charge in [0.05, 0.1) is 5.69 Å². The van der Waals surface area contributed by atoms with Gasteiger partial charge >= 0.3 is 0 Å². The second-order valence-corrected chi connectivity index (χ2v) is 5.14. The third kappa shape index (κ3) is 2.42. The van der Waals surface area contributed by atoms with Crippen LogP contribution in [0.25, 0.3) is 11.3 Å². The van der Waals surface area contributed by atoms with Gasteiger partial charge in [-0.25, -0.2) is 4.39 Å². The van der Waals surface area contributed by atoms with Crippen molar-refractivity contribution in [1.82, 2.24) is 4.98 Å². The first-order valence-electron chi connectivity index (χ1n) is 6.26. The number of pyridine rings is 1. The highest BCUT2D eigenvalue weighted by molar-refractivity contribution is 5.65. The van der Waals surface area contributed by atoms with Gasteiger partial charge < -0.3 is 0 Å². The van der Waals surface area contributed by atoms with Gasteiger partial charge in [0.2, 0.25) is 0 Å². The largest absolute Gasteiger partial charge is 0.256 e.